The number of anilines is 2. The number of carbonyl (C=O) groups is 1. The third kappa shape index (κ3) is 5.69. The lowest BCUT2D eigenvalue weighted by Crippen LogP contribution is -2.16. The SMILES string of the molecule is O=C(Nc1cccc(Oc2cnccn2)c1)c1cccc(S(=O)(=O)Nc2ccc(F)cc2)c1. The molecule has 0 spiro atoms. The van der Waals surface area contributed by atoms with E-state index in [2.05, 4.69) is 20.0 Å². The lowest BCUT2D eigenvalue weighted by Gasteiger charge is -2.11. The Labute approximate surface area is 189 Å². The van der Waals surface area contributed by atoms with Gasteiger partial charge in [-0.1, -0.05) is 12.1 Å². The molecule has 166 valence electrons. The Morgan fingerprint density at radius 1 is 0.909 bits per heavy atom. The van der Waals surface area contributed by atoms with Gasteiger partial charge in [0.2, 0.25) is 5.88 Å². The van der Waals surface area contributed by atoms with Crippen LogP contribution in [-0.4, -0.2) is 24.3 Å². The molecule has 0 saturated carbocycles. The van der Waals surface area contributed by atoms with E-state index in [1.165, 1.54) is 55.0 Å². The summed E-state index contributed by atoms with van der Waals surface area (Å²) in [4.78, 5) is 20.6. The third-order valence-electron chi connectivity index (χ3n) is 4.36. The van der Waals surface area contributed by atoms with Crippen LogP contribution in [0.5, 0.6) is 11.6 Å². The van der Waals surface area contributed by atoms with Gasteiger partial charge in [0.25, 0.3) is 15.9 Å². The van der Waals surface area contributed by atoms with E-state index in [1.807, 2.05) is 0 Å². The Balaban J connectivity index is 1.49. The summed E-state index contributed by atoms with van der Waals surface area (Å²) in [6.07, 6.45) is 4.47. The molecule has 0 unspecified atom stereocenters. The van der Waals surface area contributed by atoms with E-state index in [9.17, 15) is 17.6 Å². The van der Waals surface area contributed by atoms with Crippen LogP contribution in [0, 0.1) is 5.82 Å². The number of sulfonamides is 1. The molecular formula is C23H17FN4O4S. The fraction of sp³-hybridized carbons (Fsp3) is 0. The minimum atomic E-state index is -3.98. The molecule has 1 heterocycles. The van der Waals surface area contributed by atoms with E-state index in [4.69, 9.17) is 4.74 Å². The molecule has 8 nitrogen and oxygen atoms in total. The number of ether oxygens (including phenoxy) is 1. The van der Waals surface area contributed by atoms with Gasteiger partial charge < -0.3 is 10.1 Å². The van der Waals surface area contributed by atoms with Gasteiger partial charge in [0.1, 0.15) is 11.6 Å². The van der Waals surface area contributed by atoms with Crippen LogP contribution in [-0.2, 0) is 10.0 Å². The lowest BCUT2D eigenvalue weighted by molar-refractivity contribution is 0.102. The van der Waals surface area contributed by atoms with Crippen LogP contribution in [0.1, 0.15) is 10.4 Å². The Kier molecular flexibility index (Phi) is 6.27. The summed E-state index contributed by atoms with van der Waals surface area (Å²) < 4.78 is 46.4. The van der Waals surface area contributed by atoms with Crippen molar-refractivity contribution in [2.75, 3.05) is 10.0 Å². The fourth-order valence-corrected chi connectivity index (χ4v) is 3.94. The van der Waals surface area contributed by atoms with Crippen LogP contribution in [0.4, 0.5) is 15.8 Å². The highest BCUT2D eigenvalue weighted by atomic mass is 32.2. The molecule has 0 atom stereocenters. The monoisotopic (exact) mass is 464 g/mol. The van der Waals surface area contributed by atoms with Crippen LogP contribution in [0.25, 0.3) is 0 Å². The summed E-state index contributed by atoms with van der Waals surface area (Å²) in [6.45, 7) is 0. The maximum atomic E-state index is 13.1. The van der Waals surface area contributed by atoms with Gasteiger partial charge in [0.15, 0.2) is 0 Å². The van der Waals surface area contributed by atoms with Gasteiger partial charge in [0.05, 0.1) is 11.1 Å². The smallest absolute Gasteiger partial charge is 0.261 e. The summed E-state index contributed by atoms with van der Waals surface area (Å²) in [5.74, 6) is -0.256. The number of halogens is 1. The van der Waals surface area contributed by atoms with E-state index >= 15 is 0 Å². The average molecular weight is 464 g/mol. The first-order valence-electron chi connectivity index (χ1n) is 9.63. The van der Waals surface area contributed by atoms with Crippen LogP contribution < -0.4 is 14.8 Å². The maximum Gasteiger partial charge on any atom is 0.261 e. The topological polar surface area (TPSA) is 110 Å². The van der Waals surface area contributed by atoms with Gasteiger partial charge in [-0.3, -0.25) is 14.5 Å². The number of hydrogen-bond donors (Lipinski definition) is 2. The second-order valence-corrected chi connectivity index (χ2v) is 8.45. The molecular weight excluding hydrogens is 447 g/mol. The van der Waals surface area contributed by atoms with E-state index in [1.54, 1.807) is 24.3 Å². The standard InChI is InChI=1S/C23H17FN4O4S/c24-17-7-9-18(10-8-17)28-33(30,31)21-6-1-3-16(13-21)23(29)27-19-4-2-5-20(14-19)32-22-15-25-11-12-26-22/h1-15,28H,(H,27,29). The van der Waals surface area contributed by atoms with Crippen molar-refractivity contribution in [2.45, 2.75) is 4.90 Å². The molecule has 0 aliphatic rings. The molecule has 10 heteroatoms. The van der Waals surface area contributed by atoms with Crippen molar-refractivity contribution in [1.82, 2.24) is 9.97 Å². The van der Waals surface area contributed by atoms with Crippen molar-refractivity contribution in [3.05, 3.63) is 103 Å². The van der Waals surface area contributed by atoms with Gasteiger partial charge in [-0.25, -0.2) is 17.8 Å². The van der Waals surface area contributed by atoms with Gasteiger partial charge in [-0.2, -0.15) is 0 Å². The molecule has 0 aliphatic carbocycles. The molecule has 33 heavy (non-hydrogen) atoms. The zero-order valence-electron chi connectivity index (χ0n) is 17.0. The largest absolute Gasteiger partial charge is 0.437 e. The normalized spacial score (nSPS) is 10.9. The predicted octanol–water partition coefficient (Wildman–Crippen LogP) is 4.46. The first kappa shape index (κ1) is 21.9. The number of hydrogen-bond acceptors (Lipinski definition) is 6. The van der Waals surface area contributed by atoms with Crippen LogP contribution >= 0.6 is 0 Å². The zero-order chi connectivity index (χ0) is 23.3. The zero-order valence-corrected chi connectivity index (χ0v) is 17.8. The van der Waals surface area contributed by atoms with E-state index in [0.29, 0.717) is 17.3 Å². The average Bonchev–Trinajstić information content (AvgIpc) is 2.81. The molecule has 0 aliphatic heterocycles. The Morgan fingerprint density at radius 2 is 1.70 bits per heavy atom. The molecule has 3 aromatic carbocycles. The van der Waals surface area contributed by atoms with E-state index < -0.39 is 21.7 Å². The Hall–Kier alpha value is -4.31. The van der Waals surface area contributed by atoms with Gasteiger partial charge in [-0.15, -0.1) is 0 Å². The summed E-state index contributed by atoms with van der Waals surface area (Å²) in [6, 6.07) is 17.1. The van der Waals surface area contributed by atoms with Crippen molar-refractivity contribution < 1.29 is 22.3 Å². The summed E-state index contributed by atoms with van der Waals surface area (Å²) in [5.41, 5.74) is 0.780. The number of nitrogens with zero attached hydrogens (tertiary/aromatic N) is 2. The third-order valence-corrected chi connectivity index (χ3v) is 5.74. The quantitative estimate of drug-likeness (QED) is 0.418. The Bertz CT molecular complexity index is 1380. The van der Waals surface area contributed by atoms with Gasteiger partial charge >= 0.3 is 0 Å². The maximum absolute atomic E-state index is 13.1. The minimum Gasteiger partial charge on any atom is -0.437 e. The summed E-state index contributed by atoms with van der Waals surface area (Å²) in [5, 5.41) is 2.71. The summed E-state index contributed by atoms with van der Waals surface area (Å²) in [7, 11) is -3.98. The Morgan fingerprint density at radius 3 is 2.45 bits per heavy atom. The molecule has 2 N–H and O–H groups in total. The molecule has 1 aromatic heterocycles. The number of carbonyl (C=O) groups excluding carboxylic acids is 1. The number of aromatic nitrogens is 2. The van der Waals surface area contributed by atoms with Gasteiger partial charge in [-0.05, 0) is 54.6 Å². The number of amides is 1. The molecule has 4 rings (SSSR count). The van der Waals surface area contributed by atoms with Crippen molar-refractivity contribution in [1.29, 1.82) is 0 Å². The highest BCUT2D eigenvalue weighted by molar-refractivity contribution is 7.92. The highest BCUT2D eigenvalue weighted by Crippen LogP contribution is 2.23. The number of rotatable bonds is 7. The minimum absolute atomic E-state index is 0.112. The first-order chi connectivity index (χ1) is 15.9. The molecule has 0 bridgehead atoms. The number of benzene rings is 3. The van der Waals surface area contributed by atoms with Crippen LogP contribution in [0.3, 0.4) is 0 Å². The van der Waals surface area contributed by atoms with E-state index in [0.717, 1.165) is 12.1 Å². The van der Waals surface area contributed by atoms with Crippen molar-refractivity contribution in [2.24, 2.45) is 0 Å². The second kappa shape index (κ2) is 9.45. The van der Waals surface area contributed by atoms with Crippen molar-refractivity contribution >= 4 is 27.3 Å². The fourth-order valence-electron chi connectivity index (χ4n) is 2.84. The molecule has 0 saturated heterocycles. The van der Waals surface area contributed by atoms with Gasteiger partial charge in [0, 0.05) is 35.4 Å². The van der Waals surface area contributed by atoms with E-state index in [-0.39, 0.29) is 16.1 Å². The molecule has 0 radical (unpaired) electrons. The van der Waals surface area contributed by atoms with Crippen molar-refractivity contribution in [3.63, 3.8) is 0 Å². The van der Waals surface area contributed by atoms with Crippen molar-refractivity contribution in [3.8, 4) is 11.6 Å². The number of nitrogens with one attached hydrogen (secondary N) is 2. The summed E-state index contributed by atoms with van der Waals surface area (Å²) >= 11 is 0. The molecule has 0 fully saturated rings. The van der Waals surface area contributed by atoms with Crippen LogP contribution in [0.2, 0.25) is 0 Å². The molecule has 4 aromatic rings. The first-order valence-corrected chi connectivity index (χ1v) is 11.1. The lowest BCUT2D eigenvalue weighted by atomic mass is 10.2. The highest BCUT2D eigenvalue weighted by Gasteiger charge is 2.17. The second-order valence-electron chi connectivity index (χ2n) is 6.77. The van der Waals surface area contributed by atoms with Crippen LogP contribution in [0.15, 0.2) is 96.3 Å². The molecule has 1 amide bonds. The predicted molar refractivity (Wildman–Crippen MR) is 120 cm³/mol.